The van der Waals surface area contributed by atoms with E-state index >= 15 is 0 Å². The van der Waals surface area contributed by atoms with Gasteiger partial charge in [-0.2, -0.15) is 0 Å². The van der Waals surface area contributed by atoms with E-state index in [1.54, 1.807) is 0 Å². The van der Waals surface area contributed by atoms with Crippen molar-refractivity contribution in [1.29, 1.82) is 0 Å². The molecular weight excluding hydrogens is 697 g/mol. The van der Waals surface area contributed by atoms with Gasteiger partial charge in [-0.1, -0.05) is 127 Å². The summed E-state index contributed by atoms with van der Waals surface area (Å²) in [6, 6.07) is 64.1. The SMILES string of the molecule is c1ccc(-c2nc(-c3ccc4c(c3)Cc3ccccc3-4)cc(-c3cc(-c4ccc5oc6ccccc6c5c4)ccc3-c3ccc4oc5ccccc5c4c3)n2)cc1. The highest BCUT2D eigenvalue weighted by Gasteiger charge is 2.21. The van der Waals surface area contributed by atoms with Crippen LogP contribution in [0.1, 0.15) is 11.1 Å². The molecule has 0 amide bonds. The zero-order valence-corrected chi connectivity index (χ0v) is 30.7. The first-order chi connectivity index (χ1) is 28.2. The maximum Gasteiger partial charge on any atom is 0.160 e. The second-order valence-corrected chi connectivity index (χ2v) is 14.9. The molecule has 1 aliphatic rings. The van der Waals surface area contributed by atoms with Gasteiger partial charge in [0.2, 0.25) is 0 Å². The molecule has 3 heterocycles. The summed E-state index contributed by atoms with van der Waals surface area (Å²) in [5.41, 5.74) is 18.0. The summed E-state index contributed by atoms with van der Waals surface area (Å²) in [6.07, 6.45) is 0.913. The van der Waals surface area contributed by atoms with Crippen molar-refractivity contribution in [2.75, 3.05) is 0 Å². The molecule has 0 radical (unpaired) electrons. The predicted octanol–water partition coefficient (Wildman–Crippen LogP) is 14.2. The number of furan rings is 2. The molecule has 0 atom stereocenters. The molecule has 4 heteroatoms. The highest BCUT2D eigenvalue weighted by Crippen LogP contribution is 2.42. The molecule has 4 nitrogen and oxygen atoms in total. The molecule has 1 aliphatic carbocycles. The summed E-state index contributed by atoms with van der Waals surface area (Å²) in [5.74, 6) is 0.686. The third kappa shape index (κ3) is 5.22. The van der Waals surface area contributed by atoms with Crippen molar-refractivity contribution in [1.82, 2.24) is 9.97 Å². The summed E-state index contributed by atoms with van der Waals surface area (Å²) in [7, 11) is 0. The molecule has 57 heavy (non-hydrogen) atoms. The van der Waals surface area contributed by atoms with Crippen LogP contribution in [0.15, 0.2) is 191 Å². The number of nitrogens with zero attached hydrogens (tertiary/aromatic N) is 2. The summed E-state index contributed by atoms with van der Waals surface area (Å²) >= 11 is 0. The van der Waals surface area contributed by atoms with Crippen LogP contribution < -0.4 is 0 Å². The zero-order valence-electron chi connectivity index (χ0n) is 30.7. The topological polar surface area (TPSA) is 52.1 Å². The van der Waals surface area contributed by atoms with Crippen LogP contribution in [-0.2, 0) is 6.42 Å². The summed E-state index contributed by atoms with van der Waals surface area (Å²) in [5, 5.41) is 4.39. The Morgan fingerprint density at radius 2 is 0.877 bits per heavy atom. The number of benzene rings is 8. The smallest absolute Gasteiger partial charge is 0.160 e. The van der Waals surface area contributed by atoms with E-state index in [1.807, 2.05) is 42.5 Å². The van der Waals surface area contributed by atoms with Gasteiger partial charge in [0.15, 0.2) is 5.82 Å². The van der Waals surface area contributed by atoms with Gasteiger partial charge in [0.25, 0.3) is 0 Å². The third-order valence-corrected chi connectivity index (χ3v) is 11.5. The van der Waals surface area contributed by atoms with E-state index in [9.17, 15) is 0 Å². The molecule has 8 aromatic carbocycles. The second kappa shape index (κ2) is 12.5. The van der Waals surface area contributed by atoms with Crippen molar-refractivity contribution in [2.24, 2.45) is 0 Å². The minimum absolute atomic E-state index is 0.686. The number of fused-ring (bicyclic) bond motifs is 9. The Morgan fingerprint density at radius 1 is 0.316 bits per heavy atom. The van der Waals surface area contributed by atoms with Crippen LogP contribution in [0.2, 0.25) is 0 Å². The molecule has 0 bridgehead atoms. The van der Waals surface area contributed by atoms with Gasteiger partial charge in [-0.3, -0.25) is 0 Å². The molecule has 0 saturated carbocycles. The molecule has 0 unspecified atom stereocenters. The van der Waals surface area contributed by atoms with E-state index in [2.05, 4.69) is 140 Å². The number of aromatic nitrogens is 2. The van der Waals surface area contributed by atoms with Gasteiger partial charge < -0.3 is 8.83 Å². The molecule has 11 aromatic rings. The Labute approximate surface area is 328 Å². The van der Waals surface area contributed by atoms with Gasteiger partial charge in [-0.15, -0.1) is 0 Å². The summed E-state index contributed by atoms with van der Waals surface area (Å²) in [4.78, 5) is 10.6. The molecule has 0 aliphatic heterocycles. The van der Waals surface area contributed by atoms with Gasteiger partial charge in [0.1, 0.15) is 22.3 Å². The van der Waals surface area contributed by atoms with Gasteiger partial charge in [-0.05, 0) is 106 Å². The number of para-hydroxylation sites is 2. The van der Waals surface area contributed by atoms with E-state index < -0.39 is 0 Å². The van der Waals surface area contributed by atoms with Crippen molar-refractivity contribution in [2.45, 2.75) is 6.42 Å². The maximum absolute atomic E-state index is 6.25. The standard InChI is InChI=1S/C53H32N2O2/c1-2-10-32(11-3-1)53-54-47(37-19-23-41-38(27-37)26-35-12-4-5-13-39(35)41)31-48(55-53)44-28-33(34-20-24-51-45(29-34)42-14-6-8-16-49(42)56-51)18-22-40(44)36-21-25-52-46(30-36)43-15-7-9-17-50(43)57-52/h1-25,27-31H,26H2. The fourth-order valence-corrected chi connectivity index (χ4v) is 8.74. The first-order valence-corrected chi connectivity index (χ1v) is 19.3. The quantitative estimate of drug-likeness (QED) is 0.177. The molecule has 3 aromatic heterocycles. The Morgan fingerprint density at radius 3 is 1.67 bits per heavy atom. The van der Waals surface area contributed by atoms with Crippen LogP contribution in [0.4, 0.5) is 0 Å². The number of hydrogen-bond donors (Lipinski definition) is 0. The number of rotatable bonds is 5. The van der Waals surface area contributed by atoms with Crippen molar-refractivity contribution < 1.29 is 8.83 Å². The predicted molar refractivity (Wildman–Crippen MR) is 232 cm³/mol. The van der Waals surface area contributed by atoms with Crippen molar-refractivity contribution in [3.63, 3.8) is 0 Å². The van der Waals surface area contributed by atoms with Gasteiger partial charge in [0, 0.05) is 38.2 Å². The average molecular weight is 729 g/mol. The Hall–Kier alpha value is -7.56. The lowest BCUT2D eigenvalue weighted by atomic mass is 9.91. The van der Waals surface area contributed by atoms with E-state index in [-0.39, 0.29) is 0 Å². The van der Waals surface area contributed by atoms with Crippen LogP contribution in [0, 0.1) is 0 Å². The van der Waals surface area contributed by atoms with Crippen LogP contribution in [-0.4, -0.2) is 9.97 Å². The van der Waals surface area contributed by atoms with Gasteiger partial charge in [0.05, 0.1) is 11.4 Å². The van der Waals surface area contributed by atoms with Gasteiger partial charge >= 0.3 is 0 Å². The minimum atomic E-state index is 0.686. The molecular formula is C53H32N2O2. The normalized spacial score (nSPS) is 12.1. The Balaban J connectivity index is 1.08. The minimum Gasteiger partial charge on any atom is -0.456 e. The Kier molecular flexibility index (Phi) is 6.96. The highest BCUT2D eigenvalue weighted by atomic mass is 16.3. The fraction of sp³-hybridized carbons (Fsp3) is 0.0189. The van der Waals surface area contributed by atoms with Crippen LogP contribution >= 0.6 is 0 Å². The van der Waals surface area contributed by atoms with Crippen LogP contribution in [0.3, 0.4) is 0 Å². The largest absolute Gasteiger partial charge is 0.456 e. The van der Waals surface area contributed by atoms with Crippen molar-refractivity contribution in [3.05, 3.63) is 193 Å². The monoisotopic (exact) mass is 728 g/mol. The van der Waals surface area contributed by atoms with E-state index in [4.69, 9.17) is 18.8 Å². The van der Waals surface area contributed by atoms with Gasteiger partial charge in [-0.25, -0.2) is 9.97 Å². The third-order valence-electron chi connectivity index (χ3n) is 11.5. The first kappa shape index (κ1) is 31.8. The lowest BCUT2D eigenvalue weighted by molar-refractivity contribution is 0.668. The van der Waals surface area contributed by atoms with E-state index in [1.165, 1.54) is 22.3 Å². The summed E-state index contributed by atoms with van der Waals surface area (Å²) < 4.78 is 12.5. The lowest BCUT2D eigenvalue weighted by Gasteiger charge is -2.15. The molecule has 0 spiro atoms. The molecule has 0 N–H and O–H groups in total. The summed E-state index contributed by atoms with van der Waals surface area (Å²) in [6.45, 7) is 0. The van der Waals surface area contributed by atoms with Crippen LogP contribution in [0.5, 0.6) is 0 Å². The van der Waals surface area contributed by atoms with Crippen molar-refractivity contribution in [3.8, 4) is 67.3 Å². The maximum atomic E-state index is 6.25. The average Bonchev–Trinajstić information content (AvgIpc) is 3.97. The highest BCUT2D eigenvalue weighted by molar-refractivity contribution is 6.08. The van der Waals surface area contributed by atoms with Crippen molar-refractivity contribution >= 4 is 43.9 Å². The van der Waals surface area contributed by atoms with Crippen LogP contribution in [0.25, 0.3) is 111 Å². The fourth-order valence-electron chi connectivity index (χ4n) is 8.74. The Bertz CT molecular complexity index is 3390. The molecule has 266 valence electrons. The van der Waals surface area contributed by atoms with E-state index in [0.29, 0.717) is 5.82 Å². The first-order valence-electron chi connectivity index (χ1n) is 19.3. The zero-order chi connectivity index (χ0) is 37.5. The molecule has 0 fully saturated rings. The lowest BCUT2D eigenvalue weighted by Crippen LogP contribution is -1.98. The molecule has 0 saturated heterocycles. The number of hydrogen-bond acceptors (Lipinski definition) is 4. The van der Waals surface area contributed by atoms with E-state index in [0.717, 1.165) is 101 Å². The molecule has 12 rings (SSSR count). The second-order valence-electron chi connectivity index (χ2n) is 14.9.